The van der Waals surface area contributed by atoms with E-state index in [9.17, 15) is 4.79 Å². The lowest BCUT2D eigenvalue weighted by Gasteiger charge is -2.44. The number of carbonyl (C=O) groups excluding carboxylic acids is 1. The summed E-state index contributed by atoms with van der Waals surface area (Å²) in [6.07, 6.45) is 4.11. The third kappa shape index (κ3) is 3.29. The molecule has 2 saturated heterocycles. The van der Waals surface area contributed by atoms with Crippen LogP contribution in [0.1, 0.15) is 39.5 Å². The second kappa shape index (κ2) is 5.07. The van der Waals surface area contributed by atoms with Crippen molar-refractivity contribution in [2.24, 2.45) is 5.41 Å². The van der Waals surface area contributed by atoms with Gasteiger partial charge in [0.1, 0.15) is 5.78 Å². The Bertz CT molecular complexity index is 282. The summed E-state index contributed by atoms with van der Waals surface area (Å²) in [5.41, 5.74) is 0.459. The van der Waals surface area contributed by atoms with Crippen LogP contribution in [0.4, 0.5) is 0 Å². The number of carbonyl (C=O) groups is 1. The average molecular weight is 238 g/mol. The third-order valence-corrected chi connectivity index (χ3v) is 4.60. The van der Waals surface area contributed by atoms with Gasteiger partial charge in [-0.1, -0.05) is 6.92 Å². The summed E-state index contributed by atoms with van der Waals surface area (Å²) < 4.78 is 0. The molecule has 2 fully saturated rings. The van der Waals surface area contributed by atoms with Gasteiger partial charge in [-0.25, -0.2) is 0 Å². The van der Waals surface area contributed by atoms with Crippen molar-refractivity contribution in [3.63, 3.8) is 0 Å². The van der Waals surface area contributed by atoms with Crippen molar-refractivity contribution in [1.29, 1.82) is 0 Å². The maximum absolute atomic E-state index is 11.4. The molecule has 3 nitrogen and oxygen atoms in total. The normalized spacial score (nSPS) is 31.7. The number of likely N-dealkylation sites (tertiary alicyclic amines) is 2. The summed E-state index contributed by atoms with van der Waals surface area (Å²) in [7, 11) is 2.21. The average Bonchev–Trinajstić information content (AvgIpc) is 2.27. The third-order valence-electron chi connectivity index (χ3n) is 4.60. The molecule has 2 aliphatic rings. The number of nitrogens with zero attached hydrogens (tertiary/aromatic N) is 2. The number of piperidine rings is 2. The van der Waals surface area contributed by atoms with Crippen molar-refractivity contribution in [2.75, 3.05) is 33.2 Å². The molecule has 1 unspecified atom stereocenters. The fourth-order valence-corrected chi connectivity index (χ4v) is 3.09. The SMILES string of the molecule is CC1CC(=O)CCN1CC1(C)CCN(C)CC1. The topological polar surface area (TPSA) is 23.6 Å². The van der Waals surface area contributed by atoms with Gasteiger partial charge in [0.15, 0.2) is 0 Å². The molecule has 0 aromatic carbocycles. The van der Waals surface area contributed by atoms with Crippen LogP contribution in [0.25, 0.3) is 0 Å². The highest BCUT2D eigenvalue weighted by molar-refractivity contribution is 5.79. The highest BCUT2D eigenvalue weighted by Gasteiger charge is 2.33. The molecule has 2 heterocycles. The van der Waals surface area contributed by atoms with Crippen molar-refractivity contribution in [1.82, 2.24) is 9.80 Å². The molecule has 0 N–H and O–H groups in total. The smallest absolute Gasteiger partial charge is 0.135 e. The van der Waals surface area contributed by atoms with Crippen molar-refractivity contribution in [2.45, 2.75) is 45.6 Å². The van der Waals surface area contributed by atoms with Crippen LogP contribution in [-0.4, -0.2) is 54.9 Å². The van der Waals surface area contributed by atoms with Gasteiger partial charge in [0, 0.05) is 32.0 Å². The fraction of sp³-hybridized carbons (Fsp3) is 0.929. The maximum Gasteiger partial charge on any atom is 0.135 e. The number of hydrogen-bond donors (Lipinski definition) is 0. The highest BCUT2D eigenvalue weighted by Crippen LogP contribution is 2.32. The summed E-state index contributed by atoms with van der Waals surface area (Å²) in [5, 5.41) is 0. The predicted octanol–water partition coefficient (Wildman–Crippen LogP) is 1.77. The number of ketones is 1. The monoisotopic (exact) mass is 238 g/mol. The molecule has 0 aliphatic carbocycles. The summed E-state index contributed by atoms with van der Waals surface area (Å²) in [4.78, 5) is 16.4. The first-order valence-electron chi connectivity index (χ1n) is 6.93. The molecular formula is C14H26N2O. The molecule has 3 heteroatoms. The van der Waals surface area contributed by atoms with Crippen molar-refractivity contribution in [3.05, 3.63) is 0 Å². The van der Waals surface area contributed by atoms with Crippen molar-refractivity contribution >= 4 is 5.78 Å². The summed E-state index contributed by atoms with van der Waals surface area (Å²) >= 11 is 0. The number of hydrogen-bond acceptors (Lipinski definition) is 3. The summed E-state index contributed by atoms with van der Waals surface area (Å²) in [6.45, 7) is 9.22. The Kier molecular flexibility index (Phi) is 3.88. The van der Waals surface area contributed by atoms with Crippen LogP contribution in [0.3, 0.4) is 0 Å². The van der Waals surface area contributed by atoms with Crippen LogP contribution >= 0.6 is 0 Å². The minimum atomic E-state index is 0.447. The van der Waals surface area contributed by atoms with Gasteiger partial charge in [-0.3, -0.25) is 9.69 Å². The van der Waals surface area contributed by atoms with E-state index in [4.69, 9.17) is 0 Å². The molecule has 17 heavy (non-hydrogen) atoms. The fourth-order valence-electron chi connectivity index (χ4n) is 3.09. The molecule has 98 valence electrons. The zero-order valence-corrected chi connectivity index (χ0v) is 11.5. The lowest BCUT2D eigenvalue weighted by Crippen LogP contribution is -2.49. The molecule has 0 spiro atoms. The molecule has 0 aromatic heterocycles. The lowest BCUT2D eigenvalue weighted by molar-refractivity contribution is -0.123. The molecule has 0 bridgehead atoms. The Morgan fingerprint density at radius 1 is 1.29 bits per heavy atom. The summed E-state index contributed by atoms with van der Waals surface area (Å²) in [5.74, 6) is 0.447. The van der Waals surface area contributed by atoms with Gasteiger partial charge in [-0.05, 0) is 45.3 Å². The first-order valence-corrected chi connectivity index (χ1v) is 6.93. The van der Waals surface area contributed by atoms with E-state index in [1.807, 2.05) is 0 Å². The number of rotatable bonds is 2. The van der Waals surface area contributed by atoms with Gasteiger partial charge in [0.2, 0.25) is 0 Å². The van der Waals surface area contributed by atoms with Gasteiger partial charge in [-0.15, -0.1) is 0 Å². The quantitative estimate of drug-likeness (QED) is 0.732. The van der Waals surface area contributed by atoms with Crippen LogP contribution in [0.2, 0.25) is 0 Å². The molecule has 0 radical (unpaired) electrons. The first kappa shape index (κ1) is 13.0. The standard InChI is InChI=1S/C14H26N2O/c1-12-10-13(17)4-7-16(12)11-14(2)5-8-15(3)9-6-14/h12H,4-11H2,1-3H3. The van der Waals surface area contributed by atoms with E-state index < -0.39 is 0 Å². The Hall–Kier alpha value is -0.410. The van der Waals surface area contributed by atoms with Gasteiger partial charge < -0.3 is 4.90 Å². The molecule has 0 aromatic rings. The Balaban J connectivity index is 1.89. The Morgan fingerprint density at radius 3 is 2.53 bits per heavy atom. The van der Waals surface area contributed by atoms with Crippen LogP contribution < -0.4 is 0 Å². The minimum Gasteiger partial charge on any atom is -0.306 e. The van der Waals surface area contributed by atoms with Crippen molar-refractivity contribution in [3.8, 4) is 0 Å². The minimum absolute atomic E-state index is 0.447. The second-order valence-corrected chi connectivity index (χ2v) is 6.43. The largest absolute Gasteiger partial charge is 0.306 e. The maximum atomic E-state index is 11.4. The molecule has 2 aliphatic heterocycles. The zero-order chi connectivity index (χ0) is 12.5. The van der Waals surface area contributed by atoms with Crippen LogP contribution in [-0.2, 0) is 4.79 Å². The van der Waals surface area contributed by atoms with Gasteiger partial charge in [0.25, 0.3) is 0 Å². The van der Waals surface area contributed by atoms with E-state index in [0.29, 0.717) is 17.2 Å². The molecular weight excluding hydrogens is 212 g/mol. The molecule has 1 atom stereocenters. The van der Waals surface area contributed by atoms with Crippen LogP contribution in [0.5, 0.6) is 0 Å². The Morgan fingerprint density at radius 2 is 1.94 bits per heavy atom. The van der Waals surface area contributed by atoms with Gasteiger partial charge in [-0.2, -0.15) is 0 Å². The lowest BCUT2D eigenvalue weighted by atomic mass is 9.79. The second-order valence-electron chi connectivity index (χ2n) is 6.43. The van der Waals surface area contributed by atoms with E-state index >= 15 is 0 Å². The predicted molar refractivity (Wildman–Crippen MR) is 70.1 cm³/mol. The Labute approximate surface area is 105 Å². The zero-order valence-electron chi connectivity index (χ0n) is 11.5. The number of Topliss-reactive ketones (excluding diaryl/α,β-unsaturated/α-hetero) is 1. The summed E-state index contributed by atoms with van der Waals surface area (Å²) in [6, 6.07) is 0.452. The molecule has 0 saturated carbocycles. The van der Waals surface area contributed by atoms with E-state index in [1.165, 1.54) is 32.5 Å². The first-order chi connectivity index (χ1) is 7.98. The van der Waals surface area contributed by atoms with E-state index in [2.05, 4.69) is 30.7 Å². The van der Waals surface area contributed by atoms with Gasteiger partial charge >= 0.3 is 0 Å². The van der Waals surface area contributed by atoms with Gasteiger partial charge in [0.05, 0.1) is 0 Å². The highest BCUT2D eigenvalue weighted by atomic mass is 16.1. The molecule has 2 rings (SSSR count). The van der Waals surface area contributed by atoms with Crippen molar-refractivity contribution < 1.29 is 4.79 Å². The van der Waals surface area contributed by atoms with E-state index in [1.54, 1.807) is 0 Å². The molecule has 0 amide bonds. The van der Waals surface area contributed by atoms with E-state index in [-0.39, 0.29) is 0 Å². The van der Waals surface area contributed by atoms with E-state index in [0.717, 1.165) is 19.4 Å². The van der Waals surface area contributed by atoms with Crippen LogP contribution in [0.15, 0.2) is 0 Å². The van der Waals surface area contributed by atoms with Crippen LogP contribution in [0, 0.1) is 5.41 Å².